The van der Waals surface area contributed by atoms with Gasteiger partial charge in [0.15, 0.2) is 13.2 Å². The minimum Gasteiger partial charge on any atom is -0.463 e. The first-order valence-electron chi connectivity index (χ1n) is 6.64. The van der Waals surface area contributed by atoms with Gasteiger partial charge in [-0.1, -0.05) is 12.8 Å². The fourth-order valence-corrected chi connectivity index (χ4v) is 2.07. The van der Waals surface area contributed by atoms with Gasteiger partial charge in [0, 0.05) is 12.1 Å². The van der Waals surface area contributed by atoms with Crippen molar-refractivity contribution < 1.29 is 23.6 Å². The summed E-state index contributed by atoms with van der Waals surface area (Å²) < 4.78 is 14.6. The molecule has 1 amide bonds. The van der Waals surface area contributed by atoms with Crippen molar-refractivity contribution in [3.63, 3.8) is 0 Å². The maximum Gasteiger partial charge on any atom is 0.344 e. The first kappa shape index (κ1) is 14.4. The quantitative estimate of drug-likeness (QED) is 0.782. The number of aryl methyl sites for hydroxylation is 1. The van der Waals surface area contributed by atoms with Crippen molar-refractivity contribution in [1.29, 1.82) is 0 Å². The first-order valence-corrected chi connectivity index (χ1v) is 6.64. The van der Waals surface area contributed by atoms with Crippen molar-refractivity contribution in [2.75, 3.05) is 13.2 Å². The van der Waals surface area contributed by atoms with E-state index in [9.17, 15) is 9.59 Å². The Morgan fingerprint density at radius 3 is 2.80 bits per heavy atom. The fourth-order valence-electron chi connectivity index (χ4n) is 2.07. The highest BCUT2D eigenvalue weighted by Gasteiger charge is 2.18. The van der Waals surface area contributed by atoms with Crippen molar-refractivity contribution in [2.45, 2.75) is 38.6 Å². The van der Waals surface area contributed by atoms with E-state index in [0.29, 0.717) is 5.76 Å². The lowest BCUT2D eigenvalue weighted by atomic mass is 10.2. The van der Waals surface area contributed by atoms with Crippen LogP contribution < -0.4 is 10.1 Å². The number of esters is 1. The third-order valence-electron chi connectivity index (χ3n) is 3.03. The van der Waals surface area contributed by atoms with E-state index in [-0.39, 0.29) is 31.0 Å². The summed E-state index contributed by atoms with van der Waals surface area (Å²) in [6, 6.07) is 1.77. The maximum absolute atomic E-state index is 11.5. The molecule has 7 nitrogen and oxygen atoms in total. The summed E-state index contributed by atoms with van der Waals surface area (Å²) in [7, 11) is 0. The topological polar surface area (TPSA) is 90.7 Å². The van der Waals surface area contributed by atoms with Crippen LogP contribution in [0.3, 0.4) is 0 Å². The van der Waals surface area contributed by atoms with Gasteiger partial charge in [-0.05, 0) is 24.9 Å². The van der Waals surface area contributed by atoms with Gasteiger partial charge in [0.05, 0.1) is 0 Å². The van der Waals surface area contributed by atoms with Crippen molar-refractivity contribution in [3.05, 3.63) is 11.8 Å². The van der Waals surface area contributed by atoms with E-state index in [0.717, 1.165) is 25.7 Å². The lowest BCUT2D eigenvalue weighted by Crippen LogP contribution is -2.36. The molecular weight excluding hydrogens is 264 g/mol. The zero-order valence-corrected chi connectivity index (χ0v) is 11.4. The molecule has 0 unspecified atom stereocenters. The monoisotopic (exact) mass is 282 g/mol. The number of ether oxygens (including phenoxy) is 2. The van der Waals surface area contributed by atoms with Crippen LogP contribution in [0.2, 0.25) is 0 Å². The third-order valence-corrected chi connectivity index (χ3v) is 3.03. The number of rotatable bonds is 6. The normalized spacial score (nSPS) is 15.1. The molecule has 110 valence electrons. The molecule has 20 heavy (non-hydrogen) atoms. The predicted molar refractivity (Wildman–Crippen MR) is 68.1 cm³/mol. The van der Waals surface area contributed by atoms with Crippen molar-refractivity contribution in [3.8, 4) is 5.88 Å². The SMILES string of the molecule is Cc1cc(OCC(=O)OCC(=O)NC2CCCC2)no1. The van der Waals surface area contributed by atoms with Gasteiger partial charge < -0.3 is 19.3 Å². The fraction of sp³-hybridized carbons (Fsp3) is 0.615. The van der Waals surface area contributed by atoms with Gasteiger partial charge in [-0.25, -0.2) is 4.79 Å². The second-order valence-corrected chi connectivity index (χ2v) is 4.77. The Morgan fingerprint density at radius 2 is 2.15 bits per heavy atom. The van der Waals surface area contributed by atoms with E-state index >= 15 is 0 Å². The van der Waals surface area contributed by atoms with Crippen molar-refractivity contribution in [2.24, 2.45) is 0 Å². The van der Waals surface area contributed by atoms with Crippen LogP contribution >= 0.6 is 0 Å². The number of nitrogens with zero attached hydrogens (tertiary/aromatic N) is 1. The zero-order valence-electron chi connectivity index (χ0n) is 11.4. The zero-order chi connectivity index (χ0) is 14.4. The van der Waals surface area contributed by atoms with Gasteiger partial charge in [-0.15, -0.1) is 0 Å². The Hall–Kier alpha value is -2.05. The molecule has 0 aliphatic heterocycles. The van der Waals surface area contributed by atoms with Gasteiger partial charge in [-0.2, -0.15) is 0 Å². The molecule has 1 aromatic heterocycles. The average molecular weight is 282 g/mol. The Morgan fingerprint density at radius 1 is 1.40 bits per heavy atom. The highest BCUT2D eigenvalue weighted by molar-refractivity contribution is 5.81. The molecule has 2 rings (SSSR count). The summed E-state index contributed by atoms with van der Waals surface area (Å²) >= 11 is 0. The summed E-state index contributed by atoms with van der Waals surface area (Å²) in [6.07, 6.45) is 4.26. The van der Waals surface area contributed by atoms with Gasteiger partial charge >= 0.3 is 5.97 Å². The summed E-state index contributed by atoms with van der Waals surface area (Å²) in [5.41, 5.74) is 0. The van der Waals surface area contributed by atoms with Crippen LogP contribution in [0.4, 0.5) is 0 Å². The minimum atomic E-state index is -0.618. The largest absolute Gasteiger partial charge is 0.463 e. The average Bonchev–Trinajstić information content (AvgIpc) is 3.05. The maximum atomic E-state index is 11.5. The Bertz CT molecular complexity index is 465. The lowest BCUT2D eigenvalue weighted by molar-refractivity contribution is -0.150. The lowest BCUT2D eigenvalue weighted by Gasteiger charge is -2.11. The highest BCUT2D eigenvalue weighted by Crippen LogP contribution is 2.17. The molecule has 0 saturated heterocycles. The number of nitrogens with one attached hydrogen (secondary N) is 1. The molecule has 1 saturated carbocycles. The highest BCUT2D eigenvalue weighted by atomic mass is 16.6. The van der Waals surface area contributed by atoms with Crippen LogP contribution in [0.15, 0.2) is 10.6 Å². The molecular formula is C13H18N2O5. The van der Waals surface area contributed by atoms with Crippen LogP contribution in [0.5, 0.6) is 5.88 Å². The van der Waals surface area contributed by atoms with Gasteiger partial charge in [0.2, 0.25) is 0 Å². The molecule has 1 aromatic rings. The first-order chi connectivity index (χ1) is 9.63. The van der Waals surface area contributed by atoms with E-state index in [4.69, 9.17) is 14.0 Å². The molecule has 1 N–H and O–H groups in total. The van der Waals surface area contributed by atoms with E-state index in [1.807, 2.05) is 0 Å². The number of carbonyl (C=O) groups is 2. The molecule has 1 aliphatic rings. The molecule has 0 bridgehead atoms. The van der Waals surface area contributed by atoms with Crippen LogP contribution in [0, 0.1) is 6.92 Å². The van der Waals surface area contributed by atoms with Crippen molar-refractivity contribution >= 4 is 11.9 Å². The van der Waals surface area contributed by atoms with E-state index in [1.165, 1.54) is 0 Å². The number of hydrogen-bond donors (Lipinski definition) is 1. The standard InChI is InChI=1S/C13H18N2O5/c1-9-6-12(15-20-9)18-8-13(17)19-7-11(16)14-10-4-2-3-5-10/h6,10H,2-5,7-8H2,1H3,(H,14,16). The van der Waals surface area contributed by atoms with E-state index < -0.39 is 5.97 Å². The van der Waals surface area contributed by atoms with Crippen molar-refractivity contribution in [1.82, 2.24) is 10.5 Å². The van der Waals surface area contributed by atoms with E-state index in [2.05, 4.69) is 10.5 Å². The molecule has 0 spiro atoms. The van der Waals surface area contributed by atoms with Crippen LogP contribution in [-0.4, -0.2) is 36.3 Å². The molecule has 1 heterocycles. The number of amides is 1. The number of carbonyl (C=O) groups excluding carboxylic acids is 2. The number of hydrogen-bond acceptors (Lipinski definition) is 6. The van der Waals surface area contributed by atoms with Crippen LogP contribution in [-0.2, 0) is 14.3 Å². The molecule has 0 radical (unpaired) electrons. The molecule has 1 fully saturated rings. The molecule has 0 aromatic carbocycles. The van der Waals surface area contributed by atoms with Gasteiger partial charge in [-0.3, -0.25) is 4.79 Å². The third kappa shape index (κ3) is 4.56. The second-order valence-electron chi connectivity index (χ2n) is 4.77. The summed E-state index contributed by atoms with van der Waals surface area (Å²) in [6.45, 7) is 1.13. The Balaban J connectivity index is 1.60. The van der Waals surface area contributed by atoms with Gasteiger partial charge in [0.1, 0.15) is 5.76 Å². The predicted octanol–water partition coefficient (Wildman–Crippen LogP) is 0.964. The summed E-state index contributed by atoms with van der Waals surface area (Å²) in [5, 5.41) is 6.39. The smallest absolute Gasteiger partial charge is 0.344 e. The Labute approximate surface area is 116 Å². The number of aromatic nitrogens is 1. The van der Waals surface area contributed by atoms with Gasteiger partial charge in [0.25, 0.3) is 11.8 Å². The summed E-state index contributed by atoms with van der Waals surface area (Å²) in [5.74, 6) is -0.0890. The second kappa shape index (κ2) is 6.93. The van der Waals surface area contributed by atoms with Crippen LogP contribution in [0.1, 0.15) is 31.4 Å². The summed E-state index contributed by atoms with van der Waals surface area (Å²) in [4.78, 5) is 22.9. The molecule has 1 aliphatic carbocycles. The Kier molecular flexibility index (Phi) is 4.97. The minimum absolute atomic E-state index is 0.217. The van der Waals surface area contributed by atoms with Crippen LogP contribution in [0.25, 0.3) is 0 Å². The van der Waals surface area contributed by atoms with E-state index in [1.54, 1.807) is 13.0 Å². The molecule has 7 heteroatoms. The molecule has 0 atom stereocenters.